The zero-order valence-corrected chi connectivity index (χ0v) is 11.1. The predicted octanol–water partition coefficient (Wildman–Crippen LogP) is 3.27. The van der Waals surface area contributed by atoms with E-state index in [2.05, 4.69) is 25.1 Å². The van der Waals surface area contributed by atoms with Gasteiger partial charge in [-0.3, -0.25) is 4.79 Å². The van der Waals surface area contributed by atoms with Crippen molar-refractivity contribution in [2.75, 3.05) is 7.11 Å². The SMILES string of the molecule is COC(=O)C[C@H]1Oc2ccc3ccccc3c2[C@@H]1C. The van der Waals surface area contributed by atoms with E-state index in [0.29, 0.717) is 6.42 Å². The summed E-state index contributed by atoms with van der Waals surface area (Å²) in [6.07, 6.45) is 0.161. The van der Waals surface area contributed by atoms with Crippen LogP contribution in [0.4, 0.5) is 0 Å². The molecular weight excluding hydrogens is 240 g/mol. The molecule has 0 bridgehead atoms. The highest BCUT2D eigenvalue weighted by Gasteiger charge is 2.34. The Hall–Kier alpha value is -2.03. The molecule has 1 aliphatic rings. The molecule has 0 saturated heterocycles. The first kappa shape index (κ1) is 12.0. The molecule has 1 heterocycles. The van der Waals surface area contributed by atoms with Crippen LogP contribution in [0.1, 0.15) is 24.8 Å². The summed E-state index contributed by atoms with van der Waals surface area (Å²) >= 11 is 0. The van der Waals surface area contributed by atoms with Crippen LogP contribution in [-0.2, 0) is 9.53 Å². The molecule has 0 radical (unpaired) electrons. The number of fused-ring (bicyclic) bond motifs is 3. The zero-order chi connectivity index (χ0) is 13.4. The largest absolute Gasteiger partial charge is 0.489 e. The van der Waals surface area contributed by atoms with Crippen LogP contribution in [0.15, 0.2) is 36.4 Å². The van der Waals surface area contributed by atoms with Crippen molar-refractivity contribution in [2.45, 2.75) is 25.4 Å². The third-order valence-electron chi connectivity index (χ3n) is 3.82. The lowest BCUT2D eigenvalue weighted by Gasteiger charge is -2.13. The van der Waals surface area contributed by atoms with Crippen LogP contribution in [-0.4, -0.2) is 19.2 Å². The standard InChI is InChI=1S/C16H16O3/c1-10-14(9-15(17)18-2)19-13-8-7-11-5-3-4-6-12(11)16(10)13/h3-8,10,14H,9H2,1-2H3/t10-,14-/m1/s1. The predicted molar refractivity (Wildman–Crippen MR) is 73.4 cm³/mol. The van der Waals surface area contributed by atoms with Crippen molar-refractivity contribution in [3.63, 3.8) is 0 Å². The summed E-state index contributed by atoms with van der Waals surface area (Å²) in [6, 6.07) is 12.3. The molecule has 0 N–H and O–H groups in total. The molecule has 0 spiro atoms. The van der Waals surface area contributed by atoms with Gasteiger partial charge in [-0.1, -0.05) is 37.3 Å². The second-order valence-corrected chi connectivity index (χ2v) is 4.92. The van der Waals surface area contributed by atoms with E-state index in [1.807, 2.05) is 18.2 Å². The molecule has 2 atom stereocenters. The van der Waals surface area contributed by atoms with Gasteiger partial charge in [0.2, 0.25) is 0 Å². The number of ether oxygens (including phenoxy) is 2. The van der Waals surface area contributed by atoms with Gasteiger partial charge in [0.05, 0.1) is 13.5 Å². The third-order valence-corrected chi connectivity index (χ3v) is 3.82. The Bertz CT molecular complexity index is 633. The average Bonchev–Trinajstić information content (AvgIpc) is 2.76. The Morgan fingerprint density at radius 2 is 2.05 bits per heavy atom. The van der Waals surface area contributed by atoms with Crippen molar-refractivity contribution in [3.05, 3.63) is 42.0 Å². The minimum Gasteiger partial charge on any atom is -0.489 e. The van der Waals surface area contributed by atoms with Gasteiger partial charge < -0.3 is 9.47 Å². The summed E-state index contributed by atoms with van der Waals surface area (Å²) in [7, 11) is 1.41. The molecule has 0 saturated carbocycles. The average molecular weight is 256 g/mol. The van der Waals surface area contributed by atoms with Crippen LogP contribution < -0.4 is 4.74 Å². The van der Waals surface area contributed by atoms with Crippen LogP contribution in [0.2, 0.25) is 0 Å². The molecule has 3 rings (SSSR count). The highest BCUT2D eigenvalue weighted by atomic mass is 16.5. The van der Waals surface area contributed by atoms with Gasteiger partial charge in [-0.15, -0.1) is 0 Å². The Labute approximate surface area is 112 Å². The van der Waals surface area contributed by atoms with Crippen molar-refractivity contribution in [3.8, 4) is 5.75 Å². The van der Waals surface area contributed by atoms with E-state index < -0.39 is 0 Å². The number of benzene rings is 2. The molecule has 3 nitrogen and oxygen atoms in total. The molecule has 2 aromatic carbocycles. The number of methoxy groups -OCH3 is 1. The van der Waals surface area contributed by atoms with E-state index >= 15 is 0 Å². The second-order valence-electron chi connectivity index (χ2n) is 4.92. The molecule has 3 heteroatoms. The van der Waals surface area contributed by atoms with Gasteiger partial charge in [-0.2, -0.15) is 0 Å². The van der Waals surface area contributed by atoms with Crippen molar-refractivity contribution in [1.82, 2.24) is 0 Å². The summed E-state index contributed by atoms with van der Waals surface area (Å²) in [5.74, 6) is 0.856. The molecule has 19 heavy (non-hydrogen) atoms. The van der Waals surface area contributed by atoms with Crippen molar-refractivity contribution in [2.24, 2.45) is 0 Å². The number of esters is 1. The van der Waals surface area contributed by atoms with Gasteiger partial charge in [-0.05, 0) is 16.8 Å². The highest BCUT2D eigenvalue weighted by molar-refractivity contribution is 5.89. The molecule has 0 amide bonds. The van der Waals surface area contributed by atoms with E-state index in [0.717, 1.165) is 5.75 Å². The topological polar surface area (TPSA) is 35.5 Å². The van der Waals surface area contributed by atoms with Crippen LogP contribution in [0.25, 0.3) is 10.8 Å². The van der Waals surface area contributed by atoms with E-state index in [9.17, 15) is 4.79 Å². The zero-order valence-electron chi connectivity index (χ0n) is 11.1. The Morgan fingerprint density at radius 3 is 2.84 bits per heavy atom. The minimum absolute atomic E-state index is 0.131. The van der Waals surface area contributed by atoms with E-state index in [-0.39, 0.29) is 18.0 Å². The van der Waals surface area contributed by atoms with E-state index in [1.165, 1.54) is 23.4 Å². The number of hydrogen-bond donors (Lipinski definition) is 0. The van der Waals surface area contributed by atoms with Gasteiger partial charge in [0.1, 0.15) is 11.9 Å². The maximum atomic E-state index is 11.4. The lowest BCUT2D eigenvalue weighted by molar-refractivity contribution is -0.142. The van der Waals surface area contributed by atoms with E-state index in [4.69, 9.17) is 9.47 Å². The first-order valence-electron chi connectivity index (χ1n) is 6.46. The maximum absolute atomic E-state index is 11.4. The molecule has 0 aromatic heterocycles. The summed E-state index contributed by atoms with van der Waals surface area (Å²) in [5, 5.41) is 2.41. The normalized spacial score (nSPS) is 20.9. The summed E-state index contributed by atoms with van der Waals surface area (Å²) in [6.45, 7) is 2.10. The molecule has 0 fully saturated rings. The number of carbonyl (C=O) groups is 1. The summed E-state index contributed by atoms with van der Waals surface area (Å²) in [4.78, 5) is 11.4. The second kappa shape index (κ2) is 4.57. The lowest BCUT2D eigenvalue weighted by atomic mass is 9.91. The van der Waals surface area contributed by atoms with Gasteiger partial charge in [-0.25, -0.2) is 0 Å². The van der Waals surface area contributed by atoms with Crippen molar-refractivity contribution < 1.29 is 14.3 Å². The van der Waals surface area contributed by atoms with Crippen LogP contribution >= 0.6 is 0 Å². The number of rotatable bonds is 2. The van der Waals surface area contributed by atoms with Gasteiger partial charge in [0, 0.05) is 11.5 Å². The van der Waals surface area contributed by atoms with Gasteiger partial charge >= 0.3 is 5.97 Å². The minimum atomic E-state index is -0.228. The maximum Gasteiger partial charge on any atom is 0.309 e. The smallest absolute Gasteiger partial charge is 0.309 e. The molecule has 0 aliphatic carbocycles. The van der Waals surface area contributed by atoms with E-state index in [1.54, 1.807) is 0 Å². The first-order chi connectivity index (χ1) is 9.20. The molecule has 1 aliphatic heterocycles. The number of hydrogen-bond acceptors (Lipinski definition) is 3. The van der Waals surface area contributed by atoms with Crippen molar-refractivity contribution >= 4 is 16.7 Å². The Kier molecular flexibility index (Phi) is 2.90. The van der Waals surface area contributed by atoms with Crippen LogP contribution in [0.3, 0.4) is 0 Å². The van der Waals surface area contributed by atoms with Crippen molar-refractivity contribution in [1.29, 1.82) is 0 Å². The van der Waals surface area contributed by atoms with Crippen LogP contribution in [0, 0.1) is 0 Å². The summed E-state index contributed by atoms with van der Waals surface area (Å²) in [5.41, 5.74) is 1.20. The third kappa shape index (κ3) is 1.95. The number of carbonyl (C=O) groups excluding carboxylic acids is 1. The van der Waals surface area contributed by atoms with Gasteiger partial charge in [0.25, 0.3) is 0 Å². The fourth-order valence-electron chi connectivity index (χ4n) is 2.77. The lowest BCUT2D eigenvalue weighted by Crippen LogP contribution is -2.21. The van der Waals surface area contributed by atoms with Crippen LogP contribution in [0.5, 0.6) is 5.75 Å². The quantitative estimate of drug-likeness (QED) is 0.774. The molecule has 0 unspecified atom stereocenters. The molecule has 98 valence electrons. The molecule has 2 aromatic rings. The Balaban J connectivity index is 2.01. The van der Waals surface area contributed by atoms with Gasteiger partial charge in [0.15, 0.2) is 0 Å². The fraction of sp³-hybridized carbons (Fsp3) is 0.312. The monoisotopic (exact) mass is 256 g/mol. The first-order valence-corrected chi connectivity index (χ1v) is 6.46. The molecular formula is C16H16O3. The highest BCUT2D eigenvalue weighted by Crippen LogP contribution is 2.43. The summed E-state index contributed by atoms with van der Waals surface area (Å²) < 4.78 is 10.6. The fourth-order valence-corrected chi connectivity index (χ4v) is 2.77. The Morgan fingerprint density at radius 1 is 1.26 bits per heavy atom.